The summed E-state index contributed by atoms with van der Waals surface area (Å²) in [6, 6.07) is 2.56. The van der Waals surface area contributed by atoms with Crippen LogP contribution in [0, 0.1) is 17.6 Å². The van der Waals surface area contributed by atoms with Crippen molar-refractivity contribution in [2.24, 2.45) is 5.92 Å². The number of nitrogens with zero attached hydrogens (tertiary/aromatic N) is 1. The highest BCUT2D eigenvalue weighted by Gasteiger charge is 2.32. The van der Waals surface area contributed by atoms with Crippen molar-refractivity contribution in [1.82, 2.24) is 4.90 Å². The fraction of sp³-hybridized carbons (Fsp3) is 0.357. The summed E-state index contributed by atoms with van der Waals surface area (Å²) in [5, 5.41) is 0. The molecule has 0 N–H and O–H groups in total. The molecule has 1 aromatic rings. The number of rotatable bonds is 3. The monoisotopic (exact) mass is 281 g/mol. The molecule has 0 unspecified atom stereocenters. The Morgan fingerprint density at radius 3 is 2.40 bits per heavy atom. The van der Waals surface area contributed by atoms with Crippen molar-refractivity contribution in [3.63, 3.8) is 0 Å². The van der Waals surface area contributed by atoms with Crippen LogP contribution >= 0.6 is 0 Å². The van der Waals surface area contributed by atoms with Crippen LogP contribution in [0.3, 0.4) is 0 Å². The quantitative estimate of drug-likeness (QED) is 0.628. The van der Waals surface area contributed by atoms with Crippen LogP contribution < -0.4 is 0 Å². The molecular formula is C14H13F2NO3. The third-order valence-electron chi connectivity index (χ3n) is 3.18. The molecule has 1 heterocycles. The fourth-order valence-corrected chi connectivity index (χ4v) is 2.15. The molecule has 1 aliphatic rings. The molecule has 0 aliphatic carbocycles. The van der Waals surface area contributed by atoms with E-state index in [1.807, 2.05) is 0 Å². The Morgan fingerprint density at radius 2 is 1.85 bits per heavy atom. The zero-order valence-corrected chi connectivity index (χ0v) is 10.9. The predicted octanol–water partition coefficient (Wildman–Crippen LogP) is 1.93. The molecule has 2 amide bonds. The lowest BCUT2D eigenvalue weighted by Gasteiger charge is -2.27. The third-order valence-corrected chi connectivity index (χ3v) is 3.18. The highest BCUT2D eigenvalue weighted by molar-refractivity contribution is 6.05. The zero-order valence-electron chi connectivity index (χ0n) is 10.9. The second-order valence-corrected chi connectivity index (χ2v) is 4.93. The SMILES string of the molecule is CC1CC(=O)N(CC(=O)c2ccc(F)cc2F)C(=O)C1. The number of hydrogen-bond donors (Lipinski definition) is 0. The third kappa shape index (κ3) is 2.89. The minimum atomic E-state index is -1.000. The molecule has 2 rings (SSSR count). The number of halogens is 2. The number of ketones is 1. The van der Waals surface area contributed by atoms with Crippen molar-refractivity contribution in [3.8, 4) is 0 Å². The average Bonchev–Trinajstić information content (AvgIpc) is 2.33. The summed E-state index contributed by atoms with van der Waals surface area (Å²) in [5.41, 5.74) is -0.328. The molecule has 0 spiro atoms. The lowest BCUT2D eigenvalue weighted by atomic mass is 9.97. The fourth-order valence-electron chi connectivity index (χ4n) is 2.15. The van der Waals surface area contributed by atoms with Gasteiger partial charge in [-0.15, -0.1) is 0 Å². The molecule has 4 nitrogen and oxygen atoms in total. The Hall–Kier alpha value is -2.11. The molecular weight excluding hydrogens is 268 g/mol. The van der Waals surface area contributed by atoms with Crippen molar-refractivity contribution in [3.05, 3.63) is 35.4 Å². The van der Waals surface area contributed by atoms with Crippen molar-refractivity contribution >= 4 is 17.6 Å². The van der Waals surface area contributed by atoms with Crippen molar-refractivity contribution in [2.45, 2.75) is 19.8 Å². The zero-order chi connectivity index (χ0) is 14.9. The Balaban J connectivity index is 2.15. The van der Waals surface area contributed by atoms with Crippen LogP contribution in [0.25, 0.3) is 0 Å². The number of amides is 2. The molecule has 0 bridgehead atoms. The normalized spacial score (nSPS) is 16.6. The molecule has 0 saturated carbocycles. The van der Waals surface area contributed by atoms with Crippen molar-refractivity contribution in [2.75, 3.05) is 6.54 Å². The summed E-state index contributed by atoms with van der Waals surface area (Å²) in [5.74, 6) is -3.45. The van der Waals surface area contributed by atoms with E-state index in [-0.39, 0.29) is 24.3 Å². The van der Waals surface area contributed by atoms with E-state index in [1.54, 1.807) is 6.92 Å². The van der Waals surface area contributed by atoms with Crippen molar-refractivity contribution in [1.29, 1.82) is 0 Å². The average molecular weight is 281 g/mol. The van der Waals surface area contributed by atoms with Gasteiger partial charge in [0, 0.05) is 18.9 Å². The first-order chi connectivity index (χ1) is 9.38. The van der Waals surface area contributed by atoms with Gasteiger partial charge in [-0.1, -0.05) is 6.92 Å². The number of piperidine rings is 1. The van der Waals surface area contributed by atoms with Gasteiger partial charge in [0.1, 0.15) is 11.6 Å². The Labute approximate surface area is 114 Å². The lowest BCUT2D eigenvalue weighted by Crippen LogP contribution is -2.45. The summed E-state index contributed by atoms with van der Waals surface area (Å²) < 4.78 is 26.2. The van der Waals surface area contributed by atoms with E-state index in [9.17, 15) is 23.2 Å². The van der Waals surface area contributed by atoms with Gasteiger partial charge in [0.2, 0.25) is 11.8 Å². The second kappa shape index (κ2) is 5.48. The van der Waals surface area contributed by atoms with Gasteiger partial charge in [0.05, 0.1) is 12.1 Å². The van der Waals surface area contributed by atoms with Gasteiger partial charge in [-0.05, 0) is 18.1 Å². The molecule has 1 saturated heterocycles. The molecule has 1 aliphatic heterocycles. The summed E-state index contributed by atoms with van der Waals surface area (Å²) in [6.07, 6.45) is 0.371. The maximum absolute atomic E-state index is 13.5. The number of likely N-dealkylation sites (tertiary alicyclic amines) is 1. The van der Waals surface area contributed by atoms with Gasteiger partial charge in [0.25, 0.3) is 0 Å². The maximum atomic E-state index is 13.5. The topological polar surface area (TPSA) is 54.5 Å². The van der Waals surface area contributed by atoms with Crippen LogP contribution in [0.5, 0.6) is 0 Å². The van der Waals surface area contributed by atoms with E-state index in [1.165, 1.54) is 0 Å². The van der Waals surface area contributed by atoms with E-state index in [4.69, 9.17) is 0 Å². The summed E-state index contributed by atoms with van der Waals surface area (Å²) in [7, 11) is 0. The van der Waals surface area contributed by atoms with Gasteiger partial charge in [-0.2, -0.15) is 0 Å². The van der Waals surface area contributed by atoms with Gasteiger partial charge in [-0.25, -0.2) is 8.78 Å². The van der Waals surface area contributed by atoms with Gasteiger partial charge in [0.15, 0.2) is 5.78 Å². The number of hydrogen-bond acceptors (Lipinski definition) is 3. The van der Waals surface area contributed by atoms with Crippen molar-refractivity contribution < 1.29 is 23.2 Å². The van der Waals surface area contributed by atoms with Crippen LogP contribution in [-0.2, 0) is 9.59 Å². The second-order valence-electron chi connectivity index (χ2n) is 4.93. The number of Topliss-reactive ketones (excluding diaryl/α,β-unsaturated/α-hetero) is 1. The van der Waals surface area contributed by atoms with E-state index in [0.29, 0.717) is 6.07 Å². The number of imide groups is 1. The van der Waals surface area contributed by atoms with E-state index in [0.717, 1.165) is 17.0 Å². The first-order valence-electron chi connectivity index (χ1n) is 6.20. The van der Waals surface area contributed by atoms with E-state index < -0.39 is 35.8 Å². The van der Waals surface area contributed by atoms with Crippen LogP contribution in [0.15, 0.2) is 18.2 Å². The highest BCUT2D eigenvalue weighted by Crippen LogP contribution is 2.19. The molecule has 6 heteroatoms. The first-order valence-corrected chi connectivity index (χ1v) is 6.20. The molecule has 0 atom stereocenters. The van der Waals surface area contributed by atoms with Gasteiger partial charge in [-0.3, -0.25) is 19.3 Å². The first kappa shape index (κ1) is 14.3. The summed E-state index contributed by atoms with van der Waals surface area (Å²) in [6.45, 7) is 1.27. The molecule has 0 radical (unpaired) electrons. The molecule has 20 heavy (non-hydrogen) atoms. The van der Waals surface area contributed by atoms with E-state index >= 15 is 0 Å². The maximum Gasteiger partial charge on any atom is 0.229 e. The van der Waals surface area contributed by atoms with Crippen LogP contribution in [-0.4, -0.2) is 29.0 Å². The smallest absolute Gasteiger partial charge is 0.229 e. The standard InChI is InChI=1S/C14H13F2NO3/c1-8-4-13(19)17(14(20)5-8)7-12(18)10-3-2-9(15)6-11(10)16/h2-3,6,8H,4-5,7H2,1H3. The summed E-state index contributed by atoms with van der Waals surface area (Å²) in [4.78, 5) is 36.2. The largest absolute Gasteiger partial charge is 0.292 e. The predicted molar refractivity (Wildman–Crippen MR) is 65.8 cm³/mol. The minimum absolute atomic E-state index is 0.0519. The van der Waals surface area contributed by atoms with Gasteiger partial charge < -0.3 is 0 Å². The van der Waals surface area contributed by atoms with Crippen LogP contribution in [0.2, 0.25) is 0 Å². The Morgan fingerprint density at radius 1 is 1.25 bits per heavy atom. The lowest BCUT2D eigenvalue weighted by molar-refractivity contribution is -0.149. The minimum Gasteiger partial charge on any atom is -0.292 e. The number of benzene rings is 1. The number of carbonyl (C=O) groups excluding carboxylic acids is 3. The van der Waals surface area contributed by atoms with E-state index in [2.05, 4.69) is 0 Å². The highest BCUT2D eigenvalue weighted by atomic mass is 19.1. The van der Waals surface area contributed by atoms with Gasteiger partial charge >= 0.3 is 0 Å². The Bertz CT molecular complexity index is 568. The number of carbonyl (C=O) groups is 3. The molecule has 106 valence electrons. The molecule has 1 aromatic carbocycles. The molecule has 0 aromatic heterocycles. The summed E-state index contributed by atoms with van der Waals surface area (Å²) >= 11 is 0. The Kier molecular flexibility index (Phi) is 3.92. The molecule has 1 fully saturated rings. The van der Waals surface area contributed by atoms with Crippen LogP contribution in [0.4, 0.5) is 8.78 Å². The van der Waals surface area contributed by atoms with Crippen LogP contribution in [0.1, 0.15) is 30.1 Å².